The van der Waals surface area contributed by atoms with E-state index in [1.165, 1.54) is 11.1 Å². The number of hydrogen-bond acceptors (Lipinski definition) is 10. The summed E-state index contributed by atoms with van der Waals surface area (Å²) in [5.74, 6) is 3.48. The number of piperidine rings is 3. The fourth-order valence-electron chi connectivity index (χ4n) is 17.0. The smallest absolute Gasteiger partial charge is 0.153 e. The van der Waals surface area contributed by atoms with Gasteiger partial charge < -0.3 is 24.3 Å². The number of Topliss-reactive ketones (excluding diaryl/α,β-unsaturated/α-hetero) is 1. The van der Waals surface area contributed by atoms with Gasteiger partial charge in [0.25, 0.3) is 0 Å². The van der Waals surface area contributed by atoms with Crippen LogP contribution in [0.15, 0.2) is 103 Å². The van der Waals surface area contributed by atoms with Crippen LogP contribution in [0.25, 0.3) is 11.3 Å². The molecule has 4 aromatic carbocycles. The van der Waals surface area contributed by atoms with Gasteiger partial charge in [0.1, 0.15) is 17.3 Å². The molecule has 10 unspecified atom stereocenters. The van der Waals surface area contributed by atoms with Crippen LogP contribution in [0.5, 0.6) is 11.5 Å². The molecule has 7 fully saturated rings. The molecule has 15 atom stereocenters. The number of ether oxygens (including phenoxy) is 2. The predicted octanol–water partition coefficient (Wildman–Crippen LogP) is 9.09. The first kappa shape index (κ1) is 49.7. The summed E-state index contributed by atoms with van der Waals surface area (Å²) in [5, 5.41) is 5.66. The molecular formula is C60H74Cl2N8O3. The zero-order valence-corrected chi connectivity index (χ0v) is 45.4. The van der Waals surface area contributed by atoms with Gasteiger partial charge in [-0.25, -0.2) is 4.98 Å². The summed E-state index contributed by atoms with van der Waals surface area (Å²) in [5.41, 5.74) is 4.54. The van der Waals surface area contributed by atoms with Crippen LogP contribution in [0.4, 0.5) is 0 Å². The SMILES string of the molecule is CCC1C2[C@@H]3CC4N2[C@H](COC)C2N(C)[C@@H](Cc5ccc(Cl)cc5)CC5NC[C@H](C)N(C)C6[C@H](Cc7ccccc7)CC(N3Cc3ccc(Cl)cc3Oc3ccc(-c7cnc(CN(C)C)n7C)cc3)C14C(=O)C526. The van der Waals surface area contributed by atoms with Crippen LogP contribution in [0.1, 0.15) is 62.0 Å². The number of hydrogen-bond donors (Lipinski definition) is 1. The van der Waals surface area contributed by atoms with Crippen molar-refractivity contribution in [3.05, 3.63) is 136 Å². The molecular weight excluding hydrogens is 952 g/mol. The molecule has 1 aliphatic carbocycles. The van der Waals surface area contributed by atoms with Crippen LogP contribution in [0.3, 0.4) is 0 Å². The van der Waals surface area contributed by atoms with Gasteiger partial charge in [0.2, 0.25) is 0 Å². The Morgan fingerprint density at radius 3 is 2.30 bits per heavy atom. The average molecular weight is 1030 g/mol. The summed E-state index contributed by atoms with van der Waals surface area (Å²) in [4.78, 5) is 35.9. The molecule has 2 spiro atoms. The van der Waals surface area contributed by atoms with E-state index >= 15 is 4.79 Å². The largest absolute Gasteiger partial charge is 0.457 e. The van der Waals surface area contributed by atoms with Crippen LogP contribution in [0.2, 0.25) is 10.0 Å². The molecule has 1 saturated carbocycles. The van der Waals surface area contributed by atoms with Gasteiger partial charge in [-0.3, -0.25) is 24.4 Å². The average Bonchev–Trinajstić information content (AvgIpc) is 3.95. The monoisotopic (exact) mass is 1020 g/mol. The molecule has 13 heteroatoms. The van der Waals surface area contributed by atoms with Gasteiger partial charge >= 0.3 is 0 Å². The molecule has 5 aromatic rings. The number of ketones is 1. The maximum atomic E-state index is 17.9. The Morgan fingerprint density at radius 2 is 1.58 bits per heavy atom. The molecule has 6 aliphatic heterocycles. The minimum atomic E-state index is -0.729. The number of likely N-dealkylation sites (N-methyl/N-ethyl adjacent to an activating group) is 2. The number of methoxy groups -OCH3 is 1. The van der Waals surface area contributed by atoms with E-state index in [9.17, 15) is 0 Å². The van der Waals surface area contributed by atoms with E-state index in [-0.39, 0.29) is 72.3 Å². The number of imidazole rings is 1. The van der Waals surface area contributed by atoms with Crippen molar-refractivity contribution in [1.82, 2.24) is 39.4 Å². The summed E-state index contributed by atoms with van der Waals surface area (Å²) in [6, 6.07) is 35.1. The van der Waals surface area contributed by atoms with Crippen molar-refractivity contribution >= 4 is 29.0 Å². The summed E-state index contributed by atoms with van der Waals surface area (Å²) in [6.45, 7) is 7.61. The Kier molecular flexibility index (Phi) is 13.0. The van der Waals surface area contributed by atoms with E-state index in [4.69, 9.17) is 37.7 Å². The first-order valence-corrected chi connectivity index (χ1v) is 27.8. The number of halogens is 2. The van der Waals surface area contributed by atoms with Crippen LogP contribution in [0, 0.1) is 22.7 Å². The van der Waals surface area contributed by atoms with E-state index in [2.05, 4.69) is 156 Å². The van der Waals surface area contributed by atoms with Crippen molar-refractivity contribution in [1.29, 1.82) is 0 Å². The molecule has 73 heavy (non-hydrogen) atoms. The van der Waals surface area contributed by atoms with Crippen molar-refractivity contribution in [2.45, 2.75) is 126 Å². The maximum absolute atomic E-state index is 17.9. The molecule has 1 N–H and O–H groups in total. The van der Waals surface area contributed by atoms with Crippen LogP contribution in [-0.2, 0) is 42.5 Å². The van der Waals surface area contributed by atoms with Gasteiger partial charge in [-0.1, -0.05) is 85.1 Å². The second-order valence-corrected chi connectivity index (χ2v) is 24.2. The Balaban J connectivity index is 0.987. The number of rotatable bonds is 14. The van der Waals surface area contributed by atoms with E-state index in [1.807, 2.05) is 37.6 Å². The highest BCUT2D eigenvalue weighted by Gasteiger charge is 2.85. The normalized spacial score (nSPS) is 35.6. The number of nitrogens with zero attached hydrogens (tertiary/aromatic N) is 7. The quantitative estimate of drug-likeness (QED) is 0.116. The summed E-state index contributed by atoms with van der Waals surface area (Å²) >= 11 is 13.4. The third kappa shape index (κ3) is 7.67. The Bertz CT molecular complexity index is 2830. The first-order valence-electron chi connectivity index (χ1n) is 27.0. The van der Waals surface area contributed by atoms with E-state index in [1.54, 1.807) is 0 Å². The van der Waals surface area contributed by atoms with Crippen molar-refractivity contribution in [2.75, 3.05) is 48.5 Å². The Morgan fingerprint density at radius 1 is 0.836 bits per heavy atom. The zero-order valence-electron chi connectivity index (χ0n) is 43.9. The van der Waals surface area contributed by atoms with Gasteiger partial charge in [0, 0.05) is 103 Å². The summed E-state index contributed by atoms with van der Waals surface area (Å²) < 4.78 is 15.6. The van der Waals surface area contributed by atoms with Crippen molar-refractivity contribution in [3.63, 3.8) is 0 Å². The number of carbonyl (C=O) groups excluding carboxylic acids is 1. The number of benzene rings is 4. The van der Waals surface area contributed by atoms with Crippen LogP contribution in [-0.4, -0.2) is 149 Å². The predicted molar refractivity (Wildman–Crippen MR) is 290 cm³/mol. The lowest BCUT2D eigenvalue weighted by molar-refractivity contribution is -0.180. The number of aromatic nitrogens is 2. The highest BCUT2D eigenvalue weighted by Crippen LogP contribution is 2.72. The highest BCUT2D eigenvalue weighted by molar-refractivity contribution is 6.31. The lowest BCUT2D eigenvalue weighted by Crippen LogP contribution is -2.80. The molecule has 7 aliphatic rings. The molecule has 12 rings (SSSR count). The standard InChI is InChI=1S/C60H74Cl2N8O3/c1-9-46-55-47-30-53-59(46)52(69(47)33-40-17-22-43(62)28-50(40)73-45-23-18-39(19-24-45)48-32-64-54(68(48)7)34-65(3)4)27-41(25-37-13-11-10-12-14-37)56-60(58(59)71)51(63-31-36(2)66(56)5)29-44(26-38-15-20-42(61)21-16-38)67(6)57(60)49(35-72-8)70(53)55/h10-24,28,32,36,41,44,46-47,49,51-53,55-57,63H,9,25-27,29-31,33-35H2,1-8H3/t36-,41+,44-,46?,47-,49+,51?,52?,53?,55?,56?,57?,59?,60?/m0/s1. The molecule has 7 heterocycles. The van der Waals surface area contributed by atoms with Crippen LogP contribution >= 0.6 is 23.2 Å². The number of carbonyl (C=O) groups is 1. The van der Waals surface area contributed by atoms with Crippen molar-refractivity contribution < 1.29 is 14.3 Å². The van der Waals surface area contributed by atoms with Crippen molar-refractivity contribution in [3.8, 4) is 22.8 Å². The molecule has 0 radical (unpaired) electrons. The summed E-state index contributed by atoms with van der Waals surface area (Å²) in [6.07, 6.45) is 7.52. The van der Waals surface area contributed by atoms with Gasteiger partial charge in [-0.2, -0.15) is 0 Å². The minimum Gasteiger partial charge on any atom is -0.457 e. The van der Waals surface area contributed by atoms with Crippen molar-refractivity contribution in [2.24, 2.45) is 29.7 Å². The molecule has 11 nitrogen and oxygen atoms in total. The minimum absolute atomic E-state index is 0.0124. The van der Waals surface area contributed by atoms with Gasteiger partial charge in [0.15, 0.2) is 5.78 Å². The third-order valence-electron chi connectivity index (χ3n) is 19.7. The van der Waals surface area contributed by atoms with E-state index in [0.29, 0.717) is 24.0 Å². The third-order valence-corrected chi connectivity index (χ3v) is 20.2. The molecule has 386 valence electrons. The fourth-order valence-corrected chi connectivity index (χ4v) is 17.3. The lowest BCUT2D eigenvalue weighted by atomic mass is 9.47. The topological polar surface area (TPSA) is 81.6 Å². The maximum Gasteiger partial charge on any atom is 0.153 e. The second-order valence-electron chi connectivity index (χ2n) is 23.3. The van der Waals surface area contributed by atoms with Gasteiger partial charge in [0.05, 0.1) is 41.9 Å². The Labute approximate surface area is 443 Å². The lowest BCUT2D eigenvalue weighted by Gasteiger charge is -2.65. The Hall–Kier alpha value is -4.14. The van der Waals surface area contributed by atoms with Gasteiger partial charge in [-0.15, -0.1) is 0 Å². The van der Waals surface area contributed by atoms with E-state index < -0.39 is 10.8 Å². The van der Waals surface area contributed by atoms with Gasteiger partial charge in [-0.05, 0) is 139 Å². The highest BCUT2D eigenvalue weighted by atomic mass is 35.5. The molecule has 0 amide bonds. The zero-order chi connectivity index (χ0) is 50.7. The number of nitrogens with one attached hydrogen (secondary N) is 1. The molecule has 6 bridgehead atoms. The van der Waals surface area contributed by atoms with E-state index in [0.717, 1.165) is 90.8 Å². The molecule has 1 aromatic heterocycles. The number of likely N-dealkylation sites (tertiary alicyclic amines) is 2. The summed E-state index contributed by atoms with van der Waals surface area (Å²) in [7, 11) is 12.8. The molecule has 6 saturated heterocycles. The first-order chi connectivity index (χ1) is 35.3. The second kappa shape index (κ2) is 19.2. The van der Waals surface area contributed by atoms with Crippen LogP contribution < -0.4 is 10.1 Å². The fraction of sp³-hybridized carbons (Fsp3) is 0.533.